The Morgan fingerprint density at radius 3 is 1.93 bits per heavy atom. The van der Waals surface area contributed by atoms with E-state index in [0.29, 0.717) is 0 Å². The number of aromatic nitrogens is 2. The molecule has 6 heteroatoms. The summed E-state index contributed by atoms with van der Waals surface area (Å²) in [7, 11) is 0. The predicted octanol–water partition coefficient (Wildman–Crippen LogP) is 3.11. The zero-order valence-electron chi connectivity index (χ0n) is 6.98. The van der Waals surface area contributed by atoms with Gasteiger partial charge in [-0.15, -0.1) is 13.2 Å². The zero-order valence-corrected chi connectivity index (χ0v) is 7.79. The monoisotopic (exact) mass is 220 g/mol. The SMILES string of the molecule is FC(F)(F)n1cccn1.c1ccsc1. The first-order valence-corrected chi connectivity index (χ1v) is 4.59. The zero-order chi connectivity index (χ0) is 10.4. The summed E-state index contributed by atoms with van der Waals surface area (Å²) >= 11 is 1.71. The second-order valence-electron chi connectivity index (χ2n) is 2.21. The minimum atomic E-state index is -4.37. The fraction of sp³-hybridized carbons (Fsp3) is 0.125. The standard InChI is InChI=1S/C4H3F3N2.C4H4S/c5-4(6,7)9-3-1-2-8-9;1-2-4-5-3-1/h1-3H;1-4H. The van der Waals surface area contributed by atoms with Crippen LogP contribution in [0.25, 0.3) is 0 Å². The molecule has 0 saturated carbocycles. The number of halogens is 3. The molecule has 0 unspecified atom stereocenters. The number of alkyl halides is 3. The van der Waals surface area contributed by atoms with Gasteiger partial charge in [0, 0.05) is 12.4 Å². The smallest absolute Gasteiger partial charge is 0.179 e. The maximum Gasteiger partial charge on any atom is 0.504 e. The summed E-state index contributed by atoms with van der Waals surface area (Å²) in [6, 6.07) is 5.25. The van der Waals surface area contributed by atoms with Crippen LogP contribution >= 0.6 is 11.3 Å². The van der Waals surface area contributed by atoms with Gasteiger partial charge in [0.2, 0.25) is 0 Å². The fourth-order valence-electron chi connectivity index (χ4n) is 0.646. The van der Waals surface area contributed by atoms with Crippen molar-refractivity contribution in [1.82, 2.24) is 9.78 Å². The molecule has 0 aliphatic rings. The summed E-state index contributed by atoms with van der Waals surface area (Å²) in [4.78, 5) is 0. The Kier molecular flexibility index (Phi) is 3.70. The third-order valence-electron chi connectivity index (χ3n) is 1.19. The number of hydrogen-bond donors (Lipinski definition) is 0. The Hall–Kier alpha value is -1.30. The highest BCUT2D eigenvalue weighted by Crippen LogP contribution is 2.19. The maximum absolute atomic E-state index is 11.5. The predicted molar refractivity (Wildman–Crippen MR) is 47.8 cm³/mol. The van der Waals surface area contributed by atoms with Gasteiger partial charge in [-0.05, 0) is 16.8 Å². The fourth-order valence-corrected chi connectivity index (χ4v) is 1.10. The van der Waals surface area contributed by atoms with E-state index in [0.717, 1.165) is 12.4 Å². The molecule has 0 amide bonds. The van der Waals surface area contributed by atoms with Gasteiger partial charge in [-0.3, -0.25) is 0 Å². The van der Waals surface area contributed by atoms with Crippen molar-refractivity contribution in [3.8, 4) is 0 Å². The first kappa shape index (κ1) is 10.8. The van der Waals surface area contributed by atoms with Gasteiger partial charge in [0.15, 0.2) is 0 Å². The van der Waals surface area contributed by atoms with Crippen LogP contribution in [0.4, 0.5) is 13.2 Å². The van der Waals surface area contributed by atoms with Crippen molar-refractivity contribution in [3.05, 3.63) is 41.4 Å². The molecule has 2 nitrogen and oxygen atoms in total. The van der Waals surface area contributed by atoms with Crippen LogP contribution in [0.2, 0.25) is 0 Å². The Morgan fingerprint density at radius 2 is 1.71 bits per heavy atom. The second kappa shape index (κ2) is 4.80. The molecule has 2 heterocycles. The van der Waals surface area contributed by atoms with Crippen LogP contribution in [0.3, 0.4) is 0 Å². The van der Waals surface area contributed by atoms with Crippen molar-refractivity contribution in [2.75, 3.05) is 0 Å². The Morgan fingerprint density at radius 1 is 1.07 bits per heavy atom. The molecule has 2 aromatic heterocycles. The first-order valence-electron chi connectivity index (χ1n) is 3.65. The van der Waals surface area contributed by atoms with Crippen LogP contribution in [0, 0.1) is 0 Å². The van der Waals surface area contributed by atoms with E-state index in [4.69, 9.17) is 0 Å². The molecule has 0 radical (unpaired) electrons. The van der Waals surface area contributed by atoms with Crippen LogP contribution in [0.15, 0.2) is 41.4 Å². The van der Waals surface area contributed by atoms with E-state index in [2.05, 4.69) is 5.10 Å². The van der Waals surface area contributed by atoms with E-state index in [1.807, 2.05) is 22.9 Å². The molecule has 2 rings (SSSR count). The quantitative estimate of drug-likeness (QED) is 0.667. The van der Waals surface area contributed by atoms with E-state index in [-0.39, 0.29) is 4.68 Å². The molecule has 0 bridgehead atoms. The normalized spacial score (nSPS) is 10.5. The number of nitrogens with zero attached hydrogens (tertiary/aromatic N) is 2. The lowest BCUT2D eigenvalue weighted by atomic mass is 10.7. The molecule has 0 spiro atoms. The van der Waals surface area contributed by atoms with Crippen molar-refractivity contribution in [1.29, 1.82) is 0 Å². The van der Waals surface area contributed by atoms with Crippen molar-refractivity contribution < 1.29 is 13.2 Å². The minimum Gasteiger partial charge on any atom is -0.179 e. The topological polar surface area (TPSA) is 17.8 Å². The van der Waals surface area contributed by atoms with Gasteiger partial charge >= 0.3 is 6.30 Å². The maximum atomic E-state index is 11.5. The molecule has 0 fully saturated rings. The lowest BCUT2D eigenvalue weighted by Crippen LogP contribution is -2.16. The molecule has 0 aromatic carbocycles. The summed E-state index contributed by atoms with van der Waals surface area (Å²) < 4.78 is 34.5. The highest BCUT2D eigenvalue weighted by Gasteiger charge is 2.30. The van der Waals surface area contributed by atoms with Crippen molar-refractivity contribution in [3.63, 3.8) is 0 Å². The molecule has 0 saturated heterocycles. The lowest BCUT2D eigenvalue weighted by Gasteiger charge is -2.03. The summed E-state index contributed by atoms with van der Waals surface area (Å²) in [6.45, 7) is 0. The number of thiophene rings is 1. The third-order valence-corrected chi connectivity index (χ3v) is 1.82. The second-order valence-corrected chi connectivity index (χ2v) is 3.03. The van der Waals surface area contributed by atoms with Gasteiger partial charge in [0.25, 0.3) is 0 Å². The molecule has 0 aliphatic heterocycles. The summed E-state index contributed by atoms with van der Waals surface area (Å²) in [5, 5.41) is 7.06. The third kappa shape index (κ3) is 3.61. The first-order chi connectivity index (χ1) is 6.61. The van der Waals surface area contributed by atoms with Crippen LogP contribution in [-0.4, -0.2) is 9.78 Å². The Bertz CT molecular complexity index is 309. The van der Waals surface area contributed by atoms with E-state index in [1.165, 1.54) is 6.07 Å². The van der Waals surface area contributed by atoms with Gasteiger partial charge in [-0.2, -0.15) is 21.1 Å². The number of hydrogen-bond acceptors (Lipinski definition) is 2. The van der Waals surface area contributed by atoms with E-state index >= 15 is 0 Å². The lowest BCUT2D eigenvalue weighted by molar-refractivity contribution is -0.212. The van der Waals surface area contributed by atoms with Crippen molar-refractivity contribution in [2.24, 2.45) is 0 Å². The molecule has 2 aromatic rings. The van der Waals surface area contributed by atoms with E-state index < -0.39 is 6.30 Å². The van der Waals surface area contributed by atoms with E-state index in [9.17, 15) is 13.2 Å². The molecular formula is C8H7F3N2S. The highest BCUT2D eigenvalue weighted by molar-refractivity contribution is 7.07. The van der Waals surface area contributed by atoms with Gasteiger partial charge in [0.05, 0.1) is 0 Å². The van der Waals surface area contributed by atoms with Gasteiger partial charge in [-0.1, -0.05) is 12.1 Å². The van der Waals surface area contributed by atoms with Crippen LogP contribution in [0.5, 0.6) is 0 Å². The molecule has 0 atom stereocenters. The van der Waals surface area contributed by atoms with Crippen molar-refractivity contribution in [2.45, 2.75) is 6.30 Å². The van der Waals surface area contributed by atoms with Gasteiger partial charge < -0.3 is 0 Å². The largest absolute Gasteiger partial charge is 0.504 e. The molecular weight excluding hydrogens is 213 g/mol. The summed E-state index contributed by atoms with van der Waals surface area (Å²) in [5.74, 6) is 0. The Labute approximate surface area is 82.6 Å². The highest BCUT2D eigenvalue weighted by atomic mass is 32.1. The van der Waals surface area contributed by atoms with Crippen molar-refractivity contribution >= 4 is 11.3 Å². The van der Waals surface area contributed by atoms with E-state index in [1.54, 1.807) is 11.3 Å². The average Bonchev–Trinajstić information content (AvgIpc) is 2.80. The molecule has 14 heavy (non-hydrogen) atoms. The minimum absolute atomic E-state index is 0.0625. The summed E-state index contributed by atoms with van der Waals surface area (Å²) in [6.07, 6.45) is -2.45. The van der Waals surface area contributed by atoms with Crippen LogP contribution in [-0.2, 0) is 6.30 Å². The average molecular weight is 220 g/mol. The number of rotatable bonds is 0. The van der Waals surface area contributed by atoms with Gasteiger partial charge in [-0.25, -0.2) is 0 Å². The molecule has 0 aliphatic carbocycles. The molecule has 76 valence electrons. The molecule has 0 N–H and O–H groups in total. The Balaban J connectivity index is 0.000000165. The van der Waals surface area contributed by atoms with Crippen LogP contribution in [0.1, 0.15) is 0 Å². The van der Waals surface area contributed by atoms with Gasteiger partial charge in [0.1, 0.15) is 0 Å². The van der Waals surface area contributed by atoms with Crippen LogP contribution < -0.4 is 0 Å². The summed E-state index contributed by atoms with van der Waals surface area (Å²) in [5.41, 5.74) is 0.